The predicted molar refractivity (Wildman–Crippen MR) is 116 cm³/mol. The fourth-order valence-electron chi connectivity index (χ4n) is 4.93. The summed E-state index contributed by atoms with van der Waals surface area (Å²) in [6, 6.07) is 5.74. The lowest BCUT2D eigenvalue weighted by molar-refractivity contribution is 0.0985. The summed E-state index contributed by atoms with van der Waals surface area (Å²) < 4.78 is 11.0. The molecule has 2 aliphatic rings. The van der Waals surface area contributed by atoms with Gasteiger partial charge >= 0.3 is 0 Å². The van der Waals surface area contributed by atoms with Crippen LogP contribution in [0.1, 0.15) is 64.3 Å². The molecule has 1 saturated carbocycles. The summed E-state index contributed by atoms with van der Waals surface area (Å²) in [5.74, 6) is 2.88. The second-order valence-electron chi connectivity index (χ2n) is 9.06. The molecule has 156 valence electrons. The summed E-state index contributed by atoms with van der Waals surface area (Å²) in [6.45, 7) is 8.78. The lowest BCUT2D eigenvalue weighted by atomic mass is 9.94. The number of aryl methyl sites for hydroxylation is 2. The Hall–Kier alpha value is -1.85. The maximum absolute atomic E-state index is 13.0. The van der Waals surface area contributed by atoms with Crippen LogP contribution in [0, 0.1) is 18.3 Å². The van der Waals surface area contributed by atoms with Crippen molar-refractivity contribution in [3.8, 4) is 11.5 Å². The van der Waals surface area contributed by atoms with Gasteiger partial charge in [-0.3, -0.25) is 4.79 Å². The van der Waals surface area contributed by atoms with Crippen LogP contribution in [0.5, 0.6) is 11.5 Å². The Morgan fingerprint density at radius 3 is 2.79 bits per heavy atom. The number of benzene rings is 1. The topological polar surface area (TPSA) is 55.8 Å². The molecule has 0 aliphatic heterocycles. The van der Waals surface area contributed by atoms with Crippen LogP contribution in [-0.2, 0) is 12.8 Å². The quantitative estimate of drug-likeness (QED) is 0.622. The molecule has 1 fully saturated rings. The van der Waals surface area contributed by atoms with Crippen LogP contribution >= 0.6 is 11.3 Å². The van der Waals surface area contributed by atoms with Gasteiger partial charge in [0.05, 0.1) is 18.1 Å². The third-order valence-electron chi connectivity index (χ3n) is 6.62. The van der Waals surface area contributed by atoms with Crippen molar-refractivity contribution in [1.82, 2.24) is 0 Å². The molecule has 3 atom stereocenters. The van der Waals surface area contributed by atoms with Crippen molar-refractivity contribution in [2.24, 2.45) is 11.3 Å². The van der Waals surface area contributed by atoms with Gasteiger partial charge in [0, 0.05) is 11.3 Å². The molecule has 2 aromatic rings. The third-order valence-corrected chi connectivity index (χ3v) is 7.83. The smallest absolute Gasteiger partial charge is 0.173 e. The normalized spacial score (nSPS) is 22.0. The molecule has 2 aliphatic carbocycles. The number of thiophene rings is 1. The minimum Gasteiger partial charge on any atom is -0.493 e. The Morgan fingerprint density at radius 1 is 1.34 bits per heavy atom. The molecule has 0 saturated heterocycles. The maximum atomic E-state index is 13.0. The first-order valence-electron chi connectivity index (χ1n) is 10.4. The van der Waals surface area contributed by atoms with E-state index >= 15 is 0 Å². The number of rotatable bonds is 8. The van der Waals surface area contributed by atoms with Crippen LogP contribution in [0.25, 0.3) is 0 Å². The average Bonchev–Trinajstić information content (AvgIpc) is 3.02. The summed E-state index contributed by atoms with van der Waals surface area (Å²) in [6.07, 6.45) is 1.71. The van der Waals surface area contributed by atoms with Crippen molar-refractivity contribution in [2.75, 3.05) is 13.7 Å². The largest absolute Gasteiger partial charge is 0.493 e. The molecule has 0 bridgehead atoms. The Labute approximate surface area is 176 Å². The van der Waals surface area contributed by atoms with Gasteiger partial charge in [0.2, 0.25) is 0 Å². The highest BCUT2D eigenvalue weighted by molar-refractivity contribution is 7.14. The zero-order chi connectivity index (χ0) is 20.9. The zero-order valence-corrected chi connectivity index (χ0v) is 18.7. The van der Waals surface area contributed by atoms with Crippen molar-refractivity contribution < 1.29 is 19.4 Å². The van der Waals surface area contributed by atoms with Crippen LogP contribution in [-0.4, -0.2) is 30.7 Å². The second kappa shape index (κ2) is 7.44. The van der Waals surface area contributed by atoms with Gasteiger partial charge in [-0.2, -0.15) is 0 Å². The van der Waals surface area contributed by atoms with E-state index in [1.807, 2.05) is 18.2 Å². The van der Waals surface area contributed by atoms with Gasteiger partial charge in [-0.1, -0.05) is 19.9 Å². The molecule has 1 N–H and O–H groups in total. The SMILES string of the molecule is COc1cc(CCC(=O)c2sc(C)c3c2C[C@@H]2[C@H]3C2(C)C)ccc1OCC(C)O. The summed E-state index contributed by atoms with van der Waals surface area (Å²) in [4.78, 5) is 15.3. The Morgan fingerprint density at radius 2 is 2.10 bits per heavy atom. The monoisotopic (exact) mass is 414 g/mol. The minimum absolute atomic E-state index is 0.218. The number of carbonyl (C=O) groups is 1. The number of fused-ring (bicyclic) bond motifs is 3. The molecule has 0 radical (unpaired) electrons. The standard InChI is InChI=1S/C24H30O4S/c1-13(25)12-28-19-9-7-15(10-20(19)27-5)6-8-18(26)23-16-11-17-22(24(17,3)4)21(16)14(2)29-23/h7,9-10,13,17,22,25H,6,8,11-12H2,1-5H3/t13?,17-,22-/m1/s1. The first kappa shape index (κ1) is 20.4. The Bertz CT molecular complexity index is 941. The van der Waals surface area contributed by atoms with Crippen LogP contribution in [0.15, 0.2) is 18.2 Å². The highest BCUT2D eigenvalue weighted by Gasteiger charge is 2.63. The Balaban J connectivity index is 1.43. The molecular formula is C24H30O4S. The number of ether oxygens (including phenoxy) is 2. The fraction of sp³-hybridized carbons (Fsp3) is 0.542. The van der Waals surface area contributed by atoms with Crippen LogP contribution in [0.4, 0.5) is 0 Å². The number of aliphatic hydroxyl groups excluding tert-OH is 1. The third kappa shape index (κ3) is 3.59. The Kier molecular flexibility index (Phi) is 5.24. The van der Waals surface area contributed by atoms with Crippen LogP contribution < -0.4 is 9.47 Å². The van der Waals surface area contributed by atoms with Gasteiger partial charge in [-0.15, -0.1) is 11.3 Å². The van der Waals surface area contributed by atoms with Gasteiger partial charge < -0.3 is 14.6 Å². The van der Waals surface area contributed by atoms with E-state index in [1.54, 1.807) is 25.4 Å². The summed E-state index contributed by atoms with van der Waals surface area (Å²) in [5, 5.41) is 9.40. The number of hydrogen-bond donors (Lipinski definition) is 1. The van der Waals surface area contributed by atoms with E-state index in [0.29, 0.717) is 35.7 Å². The van der Waals surface area contributed by atoms with E-state index in [0.717, 1.165) is 22.8 Å². The lowest BCUT2D eigenvalue weighted by Gasteiger charge is -2.13. The number of methoxy groups -OCH3 is 1. The van der Waals surface area contributed by atoms with Crippen molar-refractivity contribution in [3.63, 3.8) is 0 Å². The van der Waals surface area contributed by atoms with Crippen LogP contribution in [0.3, 0.4) is 0 Å². The van der Waals surface area contributed by atoms with Gasteiger partial charge in [-0.05, 0) is 72.8 Å². The van der Waals surface area contributed by atoms with E-state index < -0.39 is 6.10 Å². The van der Waals surface area contributed by atoms with E-state index in [-0.39, 0.29) is 12.4 Å². The van der Waals surface area contributed by atoms with Crippen molar-refractivity contribution >= 4 is 17.1 Å². The van der Waals surface area contributed by atoms with Gasteiger partial charge in [0.25, 0.3) is 0 Å². The molecule has 1 aromatic carbocycles. The van der Waals surface area contributed by atoms with Crippen molar-refractivity contribution in [1.29, 1.82) is 0 Å². The first-order valence-corrected chi connectivity index (χ1v) is 11.2. The highest BCUT2D eigenvalue weighted by atomic mass is 32.1. The molecule has 4 nitrogen and oxygen atoms in total. The van der Waals surface area contributed by atoms with Gasteiger partial charge in [-0.25, -0.2) is 0 Å². The van der Waals surface area contributed by atoms with E-state index in [4.69, 9.17) is 9.47 Å². The lowest BCUT2D eigenvalue weighted by Crippen LogP contribution is -2.13. The van der Waals surface area contributed by atoms with E-state index in [1.165, 1.54) is 16.0 Å². The molecule has 0 spiro atoms. The first-order chi connectivity index (χ1) is 13.7. The summed E-state index contributed by atoms with van der Waals surface area (Å²) in [7, 11) is 1.60. The van der Waals surface area contributed by atoms with Gasteiger partial charge in [0.15, 0.2) is 17.3 Å². The van der Waals surface area contributed by atoms with E-state index in [2.05, 4.69) is 20.8 Å². The zero-order valence-electron chi connectivity index (χ0n) is 17.9. The predicted octanol–water partition coefficient (Wildman–Crippen LogP) is 4.94. The molecule has 0 amide bonds. The molecule has 1 aromatic heterocycles. The fourth-order valence-corrected chi connectivity index (χ4v) is 6.12. The number of Topliss-reactive ketones (excluding diaryl/α,β-unsaturated/α-hetero) is 1. The van der Waals surface area contributed by atoms with E-state index in [9.17, 15) is 9.90 Å². The van der Waals surface area contributed by atoms with Crippen molar-refractivity contribution in [3.05, 3.63) is 44.6 Å². The highest BCUT2D eigenvalue weighted by Crippen LogP contribution is 2.71. The average molecular weight is 415 g/mol. The summed E-state index contributed by atoms with van der Waals surface area (Å²) >= 11 is 1.69. The molecule has 4 rings (SSSR count). The molecular weight excluding hydrogens is 384 g/mol. The number of hydrogen-bond acceptors (Lipinski definition) is 5. The summed E-state index contributed by atoms with van der Waals surface area (Å²) in [5.41, 5.74) is 4.28. The molecule has 29 heavy (non-hydrogen) atoms. The second-order valence-corrected chi connectivity index (χ2v) is 10.3. The number of aliphatic hydroxyl groups is 1. The van der Waals surface area contributed by atoms with Crippen LogP contribution in [0.2, 0.25) is 0 Å². The molecule has 1 unspecified atom stereocenters. The number of carbonyl (C=O) groups excluding carboxylic acids is 1. The maximum Gasteiger partial charge on any atom is 0.173 e. The minimum atomic E-state index is -0.537. The van der Waals surface area contributed by atoms with Gasteiger partial charge in [0.1, 0.15) is 6.61 Å². The van der Waals surface area contributed by atoms with Crippen molar-refractivity contribution in [2.45, 2.75) is 59.0 Å². The molecule has 1 heterocycles. The number of ketones is 1. The molecule has 5 heteroatoms.